The highest BCUT2D eigenvalue weighted by molar-refractivity contribution is 6.05. The molecule has 2 aromatic rings. The molecular weight excluding hydrogens is 210 g/mol. The van der Waals surface area contributed by atoms with Crippen LogP contribution in [0.25, 0.3) is 10.9 Å². The van der Waals surface area contributed by atoms with E-state index in [0.717, 1.165) is 0 Å². The molecule has 0 radical (unpaired) electrons. The van der Waals surface area contributed by atoms with Gasteiger partial charge in [-0.1, -0.05) is 0 Å². The average Bonchev–Trinajstić information content (AvgIpc) is 2.20. The molecule has 5 nitrogen and oxygen atoms in total. The van der Waals surface area contributed by atoms with Crippen molar-refractivity contribution < 1.29 is 20.1 Å². The highest BCUT2D eigenvalue weighted by atomic mass is 16.4. The first kappa shape index (κ1) is 10.2. The number of benzene rings is 1. The normalized spacial score (nSPS) is 10.6. The number of fused-ring (bicyclic) bond motifs is 1. The minimum Gasteiger partial charge on any atom is -0.508 e. The van der Waals surface area contributed by atoms with E-state index in [1.165, 1.54) is 25.1 Å². The lowest BCUT2D eigenvalue weighted by molar-refractivity contribution is 0.0695. The summed E-state index contributed by atoms with van der Waals surface area (Å²) in [5.74, 6) is -1.69. The summed E-state index contributed by atoms with van der Waals surface area (Å²) in [6.07, 6.45) is 0. The van der Waals surface area contributed by atoms with Gasteiger partial charge in [0, 0.05) is 5.39 Å². The zero-order chi connectivity index (χ0) is 11.9. The van der Waals surface area contributed by atoms with Crippen LogP contribution in [0.1, 0.15) is 16.1 Å². The number of aromatic hydroxyl groups is 2. The van der Waals surface area contributed by atoms with Crippen molar-refractivity contribution in [2.24, 2.45) is 0 Å². The molecule has 0 saturated carbocycles. The number of phenols is 1. The first-order valence-corrected chi connectivity index (χ1v) is 4.56. The second kappa shape index (κ2) is 3.37. The number of carbonyl (C=O) groups is 1. The van der Waals surface area contributed by atoms with Crippen LogP contribution >= 0.6 is 0 Å². The Hall–Kier alpha value is -2.30. The summed E-state index contributed by atoms with van der Waals surface area (Å²) >= 11 is 0. The van der Waals surface area contributed by atoms with E-state index in [2.05, 4.69) is 4.98 Å². The Bertz CT molecular complexity index is 592. The largest absolute Gasteiger partial charge is 0.508 e. The number of carboxylic acid groups (broad SMARTS) is 1. The van der Waals surface area contributed by atoms with Gasteiger partial charge in [-0.3, -0.25) is 0 Å². The summed E-state index contributed by atoms with van der Waals surface area (Å²) in [7, 11) is 0. The van der Waals surface area contributed by atoms with Crippen LogP contribution in [0.2, 0.25) is 0 Å². The molecule has 1 aromatic heterocycles. The van der Waals surface area contributed by atoms with E-state index in [9.17, 15) is 15.0 Å². The van der Waals surface area contributed by atoms with E-state index < -0.39 is 5.97 Å². The van der Waals surface area contributed by atoms with E-state index in [1.807, 2.05) is 0 Å². The van der Waals surface area contributed by atoms with Gasteiger partial charge in [-0.25, -0.2) is 9.78 Å². The molecule has 0 aliphatic rings. The number of aromatic nitrogens is 1. The van der Waals surface area contributed by atoms with Gasteiger partial charge in [0.1, 0.15) is 11.3 Å². The maximum atomic E-state index is 11.0. The van der Waals surface area contributed by atoms with Crippen molar-refractivity contribution in [2.75, 3.05) is 0 Å². The van der Waals surface area contributed by atoms with Crippen LogP contribution in [0.5, 0.6) is 11.5 Å². The van der Waals surface area contributed by atoms with Crippen molar-refractivity contribution >= 4 is 16.9 Å². The van der Waals surface area contributed by atoms with Crippen molar-refractivity contribution in [2.45, 2.75) is 6.92 Å². The molecule has 0 aliphatic carbocycles. The molecule has 5 heteroatoms. The van der Waals surface area contributed by atoms with Gasteiger partial charge >= 0.3 is 5.97 Å². The van der Waals surface area contributed by atoms with Crippen LogP contribution in [-0.4, -0.2) is 26.3 Å². The van der Waals surface area contributed by atoms with E-state index in [4.69, 9.17) is 5.11 Å². The van der Waals surface area contributed by atoms with Gasteiger partial charge in [0.2, 0.25) is 0 Å². The van der Waals surface area contributed by atoms with Gasteiger partial charge in [-0.05, 0) is 25.1 Å². The van der Waals surface area contributed by atoms with Crippen molar-refractivity contribution in [1.82, 2.24) is 4.98 Å². The number of phenolic OH excluding ortho intramolecular Hbond substituents is 1. The van der Waals surface area contributed by atoms with E-state index in [1.54, 1.807) is 0 Å². The van der Waals surface area contributed by atoms with Gasteiger partial charge < -0.3 is 15.3 Å². The third-order valence-electron chi connectivity index (χ3n) is 2.33. The minimum atomic E-state index is -1.25. The van der Waals surface area contributed by atoms with Gasteiger partial charge in [-0.15, -0.1) is 0 Å². The lowest BCUT2D eigenvalue weighted by Crippen LogP contribution is -2.01. The van der Waals surface area contributed by atoms with Gasteiger partial charge in [0.05, 0.1) is 11.2 Å². The summed E-state index contributed by atoms with van der Waals surface area (Å²) in [4.78, 5) is 15.1. The summed E-state index contributed by atoms with van der Waals surface area (Å²) < 4.78 is 0. The molecule has 0 unspecified atom stereocenters. The van der Waals surface area contributed by atoms with Crippen LogP contribution in [-0.2, 0) is 0 Å². The molecule has 0 amide bonds. The van der Waals surface area contributed by atoms with Crippen molar-refractivity contribution in [3.05, 3.63) is 29.5 Å². The molecule has 2 rings (SSSR count). The number of nitrogens with zero attached hydrogens (tertiary/aromatic N) is 1. The minimum absolute atomic E-state index is 0.0694. The maximum absolute atomic E-state index is 11.0. The zero-order valence-electron chi connectivity index (χ0n) is 8.43. The predicted octanol–water partition coefficient (Wildman–Crippen LogP) is 1.65. The molecule has 0 atom stereocenters. The number of hydrogen-bond acceptors (Lipinski definition) is 4. The monoisotopic (exact) mass is 219 g/mol. The molecule has 0 saturated heterocycles. The first-order chi connectivity index (χ1) is 7.50. The lowest BCUT2D eigenvalue weighted by Gasteiger charge is -2.07. The Balaban J connectivity index is 2.96. The Morgan fingerprint density at radius 1 is 1.31 bits per heavy atom. The molecule has 0 aliphatic heterocycles. The fraction of sp³-hybridized carbons (Fsp3) is 0.0909. The van der Waals surface area contributed by atoms with E-state index >= 15 is 0 Å². The molecule has 16 heavy (non-hydrogen) atoms. The summed E-state index contributed by atoms with van der Waals surface area (Å²) in [6, 6.07) is 4.19. The van der Waals surface area contributed by atoms with Crippen LogP contribution in [0.4, 0.5) is 0 Å². The van der Waals surface area contributed by atoms with Gasteiger partial charge in [-0.2, -0.15) is 0 Å². The number of hydrogen-bond donors (Lipinski definition) is 3. The number of rotatable bonds is 1. The van der Waals surface area contributed by atoms with Crippen molar-refractivity contribution in [1.29, 1.82) is 0 Å². The second-order valence-corrected chi connectivity index (χ2v) is 3.43. The average molecular weight is 219 g/mol. The fourth-order valence-electron chi connectivity index (χ4n) is 1.58. The molecule has 0 spiro atoms. The highest BCUT2D eigenvalue weighted by Crippen LogP contribution is 2.30. The molecule has 82 valence electrons. The molecule has 0 fully saturated rings. The van der Waals surface area contributed by atoms with Crippen molar-refractivity contribution in [3.63, 3.8) is 0 Å². The Morgan fingerprint density at radius 3 is 2.62 bits per heavy atom. The lowest BCUT2D eigenvalue weighted by atomic mass is 10.1. The molecule has 1 aromatic carbocycles. The quantitative estimate of drug-likeness (QED) is 0.678. The first-order valence-electron chi connectivity index (χ1n) is 4.56. The summed E-state index contributed by atoms with van der Waals surface area (Å²) in [6.45, 7) is 1.52. The van der Waals surface area contributed by atoms with Crippen LogP contribution in [0.3, 0.4) is 0 Å². The molecule has 3 N–H and O–H groups in total. The number of aryl methyl sites for hydroxylation is 1. The zero-order valence-corrected chi connectivity index (χ0v) is 8.43. The van der Waals surface area contributed by atoms with E-state index in [0.29, 0.717) is 5.52 Å². The SMILES string of the molecule is Cc1nc2ccc(O)cc2c(C(=O)O)c1O. The van der Waals surface area contributed by atoms with E-state index in [-0.39, 0.29) is 28.1 Å². The van der Waals surface area contributed by atoms with Gasteiger partial charge in [0.15, 0.2) is 5.75 Å². The van der Waals surface area contributed by atoms with Gasteiger partial charge in [0.25, 0.3) is 0 Å². The third kappa shape index (κ3) is 1.42. The number of aromatic carboxylic acids is 1. The van der Waals surface area contributed by atoms with Crippen LogP contribution in [0, 0.1) is 6.92 Å². The fourth-order valence-corrected chi connectivity index (χ4v) is 1.58. The predicted molar refractivity (Wildman–Crippen MR) is 56.8 cm³/mol. The smallest absolute Gasteiger partial charge is 0.340 e. The third-order valence-corrected chi connectivity index (χ3v) is 2.33. The Morgan fingerprint density at radius 2 is 2.00 bits per heavy atom. The summed E-state index contributed by atoms with van der Waals surface area (Å²) in [5, 5.41) is 28.2. The molecule has 1 heterocycles. The topological polar surface area (TPSA) is 90.7 Å². The molecular formula is C11H9NO4. The van der Waals surface area contributed by atoms with Crippen molar-refractivity contribution in [3.8, 4) is 11.5 Å². The number of carboxylic acids is 1. The highest BCUT2D eigenvalue weighted by Gasteiger charge is 2.17. The molecule has 0 bridgehead atoms. The van der Waals surface area contributed by atoms with Crippen LogP contribution < -0.4 is 0 Å². The Kier molecular flexibility index (Phi) is 2.16. The summed E-state index contributed by atoms with van der Waals surface area (Å²) in [5.41, 5.74) is 0.430. The van der Waals surface area contributed by atoms with Crippen LogP contribution in [0.15, 0.2) is 18.2 Å². The number of pyridine rings is 1. The second-order valence-electron chi connectivity index (χ2n) is 3.43. The maximum Gasteiger partial charge on any atom is 0.340 e. The Labute approximate surface area is 90.6 Å². The standard InChI is InChI=1S/C11H9NO4/c1-5-10(14)9(11(15)16)7-4-6(13)2-3-8(7)12-5/h2-4,13-14H,1H3,(H,15,16).